The van der Waals surface area contributed by atoms with E-state index >= 15 is 0 Å². The van der Waals surface area contributed by atoms with E-state index in [1.165, 1.54) is 7.11 Å². The maximum absolute atomic E-state index is 10.9. The highest BCUT2D eigenvalue weighted by Crippen LogP contribution is 2.21. The molecule has 4 nitrogen and oxygen atoms in total. The maximum Gasteiger partial charge on any atom is 0.340 e. The van der Waals surface area contributed by atoms with E-state index in [-0.39, 0.29) is 18.3 Å². The first-order valence-corrected chi connectivity index (χ1v) is 3.29. The summed E-state index contributed by atoms with van der Waals surface area (Å²) in [5.41, 5.74) is 0.222. The second-order valence-electron chi connectivity index (χ2n) is 2.25. The highest BCUT2D eigenvalue weighted by Gasteiger charge is 2.31. The SMILES string of the molecule is COC1=C(CO)C(=O)OC1C. The van der Waals surface area contributed by atoms with Crippen LogP contribution in [0.5, 0.6) is 0 Å². The molecule has 0 saturated heterocycles. The Hall–Kier alpha value is -1.03. The third kappa shape index (κ3) is 1.21. The summed E-state index contributed by atoms with van der Waals surface area (Å²) in [7, 11) is 1.45. The van der Waals surface area contributed by atoms with E-state index in [9.17, 15) is 4.79 Å². The highest BCUT2D eigenvalue weighted by atomic mass is 16.6. The zero-order valence-electron chi connectivity index (χ0n) is 6.46. The lowest BCUT2D eigenvalue weighted by atomic mass is 10.2. The largest absolute Gasteiger partial charge is 0.496 e. The van der Waals surface area contributed by atoms with Gasteiger partial charge < -0.3 is 14.6 Å². The summed E-state index contributed by atoms with van der Waals surface area (Å²) in [6.45, 7) is 1.37. The lowest BCUT2D eigenvalue weighted by Crippen LogP contribution is -2.06. The number of rotatable bonds is 2. The Kier molecular flexibility index (Phi) is 2.14. The van der Waals surface area contributed by atoms with E-state index in [1.54, 1.807) is 6.92 Å². The number of carbonyl (C=O) groups excluding carboxylic acids is 1. The normalized spacial score (nSPS) is 23.9. The zero-order valence-corrected chi connectivity index (χ0v) is 6.46. The Balaban J connectivity index is 2.92. The van der Waals surface area contributed by atoms with Gasteiger partial charge in [-0.2, -0.15) is 0 Å². The van der Waals surface area contributed by atoms with E-state index in [1.807, 2.05) is 0 Å². The van der Waals surface area contributed by atoms with Gasteiger partial charge in [-0.05, 0) is 6.92 Å². The number of esters is 1. The highest BCUT2D eigenvalue weighted by molar-refractivity contribution is 5.91. The van der Waals surface area contributed by atoms with Crippen LogP contribution in [0.15, 0.2) is 11.3 Å². The lowest BCUT2D eigenvalue weighted by molar-refractivity contribution is -0.139. The fourth-order valence-corrected chi connectivity index (χ4v) is 1.06. The molecule has 62 valence electrons. The number of aliphatic hydroxyl groups excluding tert-OH is 1. The van der Waals surface area contributed by atoms with Crippen LogP contribution >= 0.6 is 0 Å². The van der Waals surface area contributed by atoms with Crippen molar-refractivity contribution < 1.29 is 19.4 Å². The van der Waals surface area contributed by atoms with Crippen LogP contribution < -0.4 is 0 Å². The van der Waals surface area contributed by atoms with Crippen LogP contribution in [-0.4, -0.2) is 30.9 Å². The fraction of sp³-hybridized carbons (Fsp3) is 0.571. The Morgan fingerprint density at radius 3 is 2.73 bits per heavy atom. The second-order valence-corrected chi connectivity index (χ2v) is 2.25. The van der Waals surface area contributed by atoms with E-state index in [2.05, 4.69) is 0 Å². The van der Waals surface area contributed by atoms with Gasteiger partial charge in [-0.25, -0.2) is 4.79 Å². The summed E-state index contributed by atoms with van der Waals surface area (Å²) in [6, 6.07) is 0. The van der Waals surface area contributed by atoms with Crippen molar-refractivity contribution >= 4 is 5.97 Å². The number of aliphatic hydroxyl groups is 1. The van der Waals surface area contributed by atoms with E-state index < -0.39 is 5.97 Å². The number of cyclic esters (lactones) is 1. The zero-order chi connectivity index (χ0) is 8.43. The van der Waals surface area contributed by atoms with Crippen molar-refractivity contribution in [2.45, 2.75) is 13.0 Å². The molecule has 1 unspecified atom stereocenters. The molecule has 1 aliphatic rings. The first-order chi connectivity index (χ1) is 5.20. The van der Waals surface area contributed by atoms with Gasteiger partial charge in [0.25, 0.3) is 0 Å². The average Bonchev–Trinajstić information content (AvgIpc) is 2.24. The van der Waals surface area contributed by atoms with Crippen LogP contribution in [0.4, 0.5) is 0 Å². The lowest BCUT2D eigenvalue weighted by Gasteiger charge is -2.05. The topological polar surface area (TPSA) is 55.8 Å². The van der Waals surface area contributed by atoms with Crippen molar-refractivity contribution in [2.24, 2.45) is 0 Å². The molecule has 0 saturated carbocycles. The van der Waals surface area contributed by atoms with Gasteiger partial charge >= 0.3 is 5.97 Å². The van der Waals surface area contributed by atoms with Crippen molar-refractivity contribution in [3.63, 3.8) is 0 Å². The van der Waals surface area contributed by atoms with Crippen molar-refractivity contribution in [2.75, 3.05) is 13.7 Å². The maximum atomic E-state index is 10.9. The first-order valence-electron chi connectivity index (χ1n) is 3.29. The van der Waals surface area contributed by atoms with Crippen LogP contribution in [0, 0.1) is 0 Å². The summed E-state index contributed by atoms with van der Waals surface area (Å²) in [5, 5.41) is 8.72. The molecule has 0 radical (unpaired) electrons. The van der Waals surface area contributed by atoms with Crippen molar-refractivity contribution in [3.8, 4) is 0 Å². The number of carbonyl (C=O) groups is 1. The quantitative estimate of drug-likeness (QED) is 0.566. The molecule has 1 atom stereocenters. The third-order valence-corrected chi connectivity index (χ3v) is 1.57. The molecule has 0 spiro atoms. The number of hydrogen-bond acceptors (Lipinski definition) is 4. The molecular weight excluding hydrogens is 148 g/mol. The minimum Gasteiger partial charge on any atom is -0.496 e. The molecular formula is C7H10O4. The van der Waals surface area contributed by atoms with Gasteiger partial charge in [-0.3, -0.25) is 0 Å². The summed E-state index contributed by atoms with van der Waals surface area (Å²) >= 11 is 0. The van der Waals surface area contributed by atoms with Crippen molar-refractivity contribution in [1.82, 2.24) is 0 Å². The standard InChI is InChI=1S/C7H10O4/c1-4-6(10-2)5(3-8)7(9)11-4/h4,8H,3H2,1-2H3. The Morgan fingerprint density at radius 2 is 2.36 bits per heavy atom. The summed E-state index contributed by atoms with van der Waals surface area (Å²) in [4.78, 5) is 10.9. The summed E-state index contributed by atoms with van der Waals surface area (Å²) in [6.07, 6.45) is -0.366. The molecule has 4 heteroatoms. The first kappa shape index (κ1) is 8.07. The fourth-order valence-electron chi connectivity index (χ4n) is 1.06. The summed E-state index contributed by atoms with van der Waals surface area (Å²) < 4.78 is 9.64. The molecule has 0 aromatic heterocycles. The Labute approximate surface area is 64.4 Å². The average molecular weight is 158 g/mol. The molecule has 1 rings (SSSR count). The van der Waals surface area contributed by atoms with Gasteiger partial charge in [0, 0.05) is 0 Å². The van der Waals surface area contributed by atoms with Crippen LogP contribution in [0.1, 0.15) is 6.92 Å². The van der Waals surface area contributed by atoms with Crippen LogP contribution in [0.2, 0.25) is 0 Å². The number of hydrogen-bond donors (Lipinski definition) is 1. The molecule has 0 aromatic rings. The molecule has 1 aliphatic heterocycles. The molecule has 11 heavy (non-hydrogen) atoms. The van der Waals surface area contributed by atoms with Crippen LogP contribution in [-0.2, 0) is 14.3 Å². The van der Waals surface area contributed by atoms with Gasteiger partial charge in [0.2, 0.25) is 0 Å². The molecule has 0 bridgehead atoms. The minimum atomic E-state index is -0.489. The van der Waals surface area contributed by atoms with Crippen LogP contribution in [0.25, 0.3) is 0 Å². The minimum absolute atomic E-state index is 0.222. The monoisotopic (exact) mass is 158 g/mol. The predicted octanol–water partition coefficient (Wildman–Crippen LogP) is -0.176. The summed E-state index contributed by atoms with van der Waals surface area (Å²) in [5.74, 6) is -0.0608. The second kappa shape index (κ2) is 2.92. The van der Waals surface area contributed by atoms with Crippen LogP contribution in [0.3, 0.4) is 0 Å². The molecule has 1 N–H and O–H groups in total. The smallest absolute Gasteiger partial charge is 0.340 e. The van der Waals surface area contributed by atoms with E-state index in [0.29, 0.717) is 5.76 Å². The van der Waals surface area contributed by atoms with Crippen molar-refractivity contribution in [3.05, 3.63) is 11.3 Å². The third-order valence-electron chi connectivity index (χ3n) is 1.57. The number of ether oxygens (including phenoxy) is 2. The van der Waals surface area contributed by atoms with Gasteiger partial charge in [0.1, 0.15) is 11.3 Å². The molecule has 0 aliphatic carbocycles. The molecule has 1 heterocycles. The molecule has 0 amide bonds. The molecule has 0 aromatic carbocycles. The molecule has 0 fully saturated rings. The van der Waals surface area contributed by atoms with Crippen molar-refractivity contribution in [1.29, 1.82) is 0 Å². The number of methoxy groups -OCH3 is 1. The van der Waals surface area contributed by atoms with E-state index in [4.69, 9.17) is 14.6 Å². The van der Waals surface area contributed by atoms with E-state index in [0.717, 1.165) is 0 Å². The van der Waals surface area contributed by atoms with Gasteiger partial charge in [0.05, 0.1) is 13.7 Å². The Morgan fingerprint density at radius 1 is 1.73 bits per heavy atom. The van der Waals surface area contributed by atoms with Gasteiger partial charge in [-0.15, -0.1) is 0 Å². The van der Waals surface area contributed by atoms with Gasteiger partial charge in [-0.1, -0.05) is 0 Å². The van der Waals surface area contributed by atoms with Gasteiger partial charge in [0.15, 0.2) is 6.10 Å². The predicted molar refractivity (Wildman–Crippen MR) is 36.7 cm³/mol. The Bertz CT molecular complexity index is 206.